The summed E-state index contributed by atoms with van der Waals surface area (Å²) in [7, 11) is -2.95. The Morgan fingerprint density at radius 3 is 2.53 bits per heavy atom. The van der Waals surface area contributed by atoms with E-state index in [1.165, 1.54) is 25.7 Å². The summed E-state index contributed by atoms with van der Waals surface area (Å²) in [6, 6.07) is -0.276. The SMILES string of the molecule is CCCCCCCCOC(=O)NC1CCS(=O)(=O)C1. The summed E-state index contributed by atoms with van der Waals surface area (Å²) >= 11 is 0. The average molecular weight is 291 g/mol. The molecule has 1 saturated heterocycles. The highest BCUT2D eigenvalue weighted by Gasteiger charge is 2.29. The molecule has 0 bridgehead atoms. The number of alkyl carbamates (subject to hydrolysis) is 1. The minimum Gasteiger partial charge on any atom is -0.450 e. The van der Waals surface area contributed by atoms with Gasteiger partial charge in [0.15, 0.2) is 9.84 Å². The summed E-state index contributed by atoms with van der Waals surface area (Å²) in [4.78, 5) is 11.4. The van der Waals surface area contributed by atoms with Gasteiger partial charge in [-0.05, 0) is 12.8 Å². The Hall–Kier alpha value is -0.780. The first kappa shape index (κ1) is 16.3. The summed E-state index contributed by atoms with van der Waals surface area (Å²) in [6.45, 7) is 2.59. The maximum atomic E-state index is 11.4. The van der Waals surface area contributed by atoms with Crippen molar-refractivity contribution in [3.63, 3.8) is 0 Å². The van der Waals surface area contributed by atoms with Gasteiger partial charge in [0.25, 0.3) is 0 Å². The Labute approximate surface area is 116 Å². The minimum atomic E-state index is -2.95. The quantitative estimate of drug-likeness (QED) is 0.696. The highest BCUT2D eigenvalue weighted by Crippen LogP contribution is 2.11. The number of carbonyl (C=O) groups is 1. The minimum absolute atomic E-state index is 0.0408. The molecule has 112 valence electrons. The van der Waals surface area contributed by atoms with Crippen LogP contribution < -0.4 is 5.32 Å². The van der Waals surface area contributed by atoms with Gasteiger partial charge in [-0.25, -0.2) is 13.2 Å². The van der Waals surface area contributed by atoms with E-state index in [0.717, 1.165) is 12.8 Å². The average Bonchev–Trinajstić information content (AvgIpc) is 2.67. The van der Waals surface area contributed by atoms with Crippen LogP contribution in [0.5, 0.6) is 0 Å². The third kappa shape index (κ3) is 7.40. The number of ether oxygens (including phenoxy) is 1. The molecule has 6 heteroatoms. The van der Waals surface area contributed by atoms with Crippen molar-refractivity contribution in [2.75, 3.05) is 18.1 Å². The molecule has 0 aromatic rings. The lowest BCUT2D eigenvalue weighted by Gasteiger charge is -2.11. The molecule has 1 rings (SSSR count). The van der Waals surface area contributed by atoms with E-state index < -0.39 is 15.9 Å². The zero-order valence-corrected chi connectivity index (χ0v) is 12.5. The predicted octanol–water partition coefficient (Wildman–Crippen LogP) is 2.26. The zero-order valence-electron chi connectivity index (χ0n) is 11.7. The van der Waals surface area contributed by atoms with Gasteiger partial charge in [-0.3, -0.25) is 0 Å². The fourth-order valence-electron chi connectivity index (χ4n) is 2.16. The molecule has 1 heterocycles. The van der Waals surface area contributed by atoms with Crippen molar-refractivity contribution < 1.29 is 17.9 Å². The van der Waals surface area contributed by atoms with Gasteiger partial charge in [0, 0.05) is 6.04 Å². The first-order valence-corrected chi connectivity index (χ1v) is 8.99. The summed E-state index contributed by atoms with van der Waals surface area (Å²) in [6.07, 6.45) is 6.86. The second-order valence-electron chi connectivity index (χ2n) is 5.15. The Morgan fingerprint density at radius 1 is 1.21 bits per heavy atom. The lowest BCUT2D eigenvalue weighted by atomic mass is 10.1. The fraction of sp³-hybridized carbons (Fsp3) is 0.923. The highest BCUT2D eigenvalue weighted by molar-refractivity contribution is 7.91. The van der Waals surface area contributed by atoms with Crippen LogP contribution >= 0.6 is 0 Å². The van der Waals surface area contributed by atoms with E-state index in [9.17, 15) is 13.2 Å². The van der Waals surface area contributed by atoms with E-state index in [2.05, 4.69) is 12.2 Å². The van der Waals surface area contributed by atoms with E-state index in [4.69, 9.17) is 4.74 Å². The largest absolute Gasteiger partial charge is 0.450 e. The Bertz CT molecular complexity index is 367. The molecule has 1 N–H and O–H groups in total. The third-order valence-corrected chi connectivity index (χ3v) is 5.05. The third-order valence-electron chi connectivity index (χ3n) is 3.29. The van der Waals surface area contributed by atoms with Crippen LogP contribution in [-0.2, 0) is 14.6 Å². The summed E-state index contributed by atoms with van der Waals surface area (Å²) in [5, 5.41) is 2.61. The number of amides is 1. The van der Waals surface area contributed by atoms with E-state index in [1.54, 1.807) is 0 Å². The van der Waals surface area contributed by atoms with Crippen LogP contribution in [0, 0.1) is 0 Å². The first-order valence-electron chi connectivity index (χ1n) is 7.17. The topological polar surface area (TPSA) is 72.5 Å². The highest BCUT2D eigenvalue weighted by atomic mass is 32.2. The van der Waals surface area contributed by atoms with Gasteiger partial charge in [0.2, 0.25) is 0 Å². The van der Waals surface area contributed by atoms with Crippen LogP contribution in [0.25, 0.3) is 0 Å². The van der Waals surface area contributed by atoms with Crippen LogP contribution in [-0.4, -0.2) is 38.7 Å². The molecular weight excluding hydrogens is 266 g/mol. The van der Waals surface area contributed by atoms with Gasteiger partial charge in [0.1, 0.15) is 0 Å². The molecule has 1 fully saturated rings. The molecule has 1 aliphatic heterocycles. The van der Waals surface area contributed by atoms with Gasteiger partial charge >= 0.3 is 6.09 Å². The van der Waals surface area contributed by atoms with Crippen molar-refractivity contribution >= 4 is 15.9 Å². The molecule has 5 nitrogen and oxygen atoms in total. The molecule has 0 radical (unpaired) electrons. The number of sulfone groups is 1. The van der Waals surface area contributed by atoms with Crippen LogP contribution in [0.2, 0.25) is 0 Å². The van der Waals surface area contributed by atoms with Crippen LogP contribution in [0.3, 0.4) is 0 Å². The molecule has 0 saturated carbocycles. The number of rotatable bonds is 8. The first-order chi connectivity index (χ1) is 9.03. The molecule has 1 amide bonds. The van der Waals surface area contributed by atoms with Gasteiger partial charge in [-0.15, -0.1) is 0 Å². The molecule has 1 unspecified atom stereocenters. The van der Waals surface area contributed by atoms with Crippen LogP contribution in [0.4, 0.5) is 4.79 Å². The summed E-state index contributed by atoms with van der Waals surface area (Å²) in [5.74, 6) is 0.203. The molecule has 0 spiro atoms. The molecule has 1 atom stereocenters. The van der Waals surface area contributed by atoms with Crippen LogP contribution in [0.15, 0.2) is 0 Å². The molecule has 19 heavy (non-hydrogen) atoms. The molecule has 1 aliphatic rings. The standard InChI is InChI=1S/C13H25NO4S/c1-2-3-4-5-6-7-9-18-13(15)14-12-8-10-19(16,17)11-12/h12H,2-11H2,1H3,(H,14,15). The van der Waals surface area contributed by atoms with Gasteiger partial charge < -0.3 is 10.1 Å². The van der Waals surface area contributed by atoms with Crippen molar-refractivity contribution in [2.45, 2.75) is 57.9 Å². The number of carbonyl (C=O) groups excluding carboxylic acids is 1. The maximum absolute atomic E-state index is 11.4. The Balaban J connectivity index is 2.00. The number of nitrogens with one attached hydrogen (secondary N) is 1. The number of unbranched alkanes of at least 4 members (excludes halogenated alkanes) is 5. The van der Waals surface area contributed by atoms with Crippen molar-refractivity contribution in [3.05, 3.63) is 0 Å². The normalized spacial score (nSPS) is 21.2. The molecule has 0 aromatic carbocycles. The molecule has 0 aliphatic carbocycles. The Morgan fingerprint density at radius 2 is 1.89 bits per heavy atom. The lowest BCUT2D eigenvalue weighted by molar-refractivity contribution is 0.141. The van der Waals surface area contributed by atoms with Gasteiger partial charge in [0.05, 0.1) is 18.1 Å². The van der Waals surface area contributed by atoms with Gasteiger partial charge in [-0.1, -0.05) is 39.0 Å². The number of hydrogen-bond acceptors (Lipinski definition) is 4. The lowest BCUT2D eigenvalue weighted by Crippen LogP contribution is -2.36. The van der Waals surface area contributed by atoms with E-state index in [-0.39, 0.29) is 17.5 Å². The molecular formula is C13H25NO4S. The Kier molecular flexibility index (Phi) is 7.20. The zero-order chi connectivity index (χ0) is 14.1. The van der Waals surface area contributed by atoms with E-state index in [0.29, 0.717) is 13.0 Å². The summed E-state index contributed by atoms with van der Waals surface area (Å²) in [5.41, 5.74) is 0. The van der Waals surface area contributed by atoms with E-state index in [1.807, 2.05) is 0 Å². The second kappa shape index (κ2) is 8.40. The number of hydrogen-bond donors (Lipinski definition) is 1. The van der Waals surface area contributed by atoms with Crippen molar-refractivity contribution in [1.82, 2.24) is 5.32 Å². The van der Waals surface area contributed by atoms with Crippen molar-refractivity contribution in [2.24, 2.45) is 0 Å². The summed E-state index contributed by atoms with van der Waals surface area (Å²) < 4.78 is 27.5. The van der Waals surface area contributed by atoms with Crippen molar-refractivity contribution in [3.8, 4) is 0 Å². The predicted molar refractivity (Wildman–Crippen MR) is 74.9 cm³/mol. The maximum Gasteiger partial charge on any atom is 0.407 e. The van der Waals surface area contributed by atoms with Crippen molar-refractivity contribution in [1.29, 1.82) is 0 Å². The van der Waals surface area contributed by atoms with Gasteiger partial charge in [-0.2, -0.15) is 0 Å². The van der Waals surface area contributed by atoms with Crippen LogP contribution in [0.1, 0.15) is 51.9 Å². The second-order valence-corrected chi connectivity index (χ2v) is 7.38. The fourth-order valence-corrected chi connectivity index (χ4v) is 3.84. The van der Waals surface area contributed by atoms with E-state index >= 15 is 0 Å². The smallest absolute Gasteiger partial charge is 0.407 e. The molecule has 0 aromatic heterocycles. The monoisotopic (exact) mass is 291 g/mol.